The summed E-state index contributed by atoms with van der Waals surface area (Å²) in [5.74, 6) is 0.943. The number of aryl methyl sites for hydroxylation is 1. The Kier molecular flexibility index (Phi) is 3.56. The van der Waals surface area contributed by atoms with E-state index in [1.807, 2.05) is 24.3 Å². The second kappa shape index (κ2) is 5.59. The van der Waals surface area contributed by atoms with Gasteiger partial charge < -0.3 is 0 Å². The molecule has 118 valence electrons. The fourth-order valence-electron chi connectivity index (χ4n) is 4.58. The smallest absolute Gasteiger partial charge is 0.189 e. The van der Waals surface area contributed by atoms with Crippen LogP contribution in [0.4, 0.5) is 0 Å². The second-order valence-corrected chi connectivity index (χ2v) is 7.11. The molecule has 3 aliphatic carbocycles. The highest BCUT2D eigenvalue weighted by atomic mass is 16.1. The Bertz CT molecular complexity index is 738. The molecule has 0 N–H and O–H groups in total. The lowest BCUT2D eigenvalue weighted by atomic mass is 9.64. The zero-order valence-electron chi connectivity index (χ0n) is 13.5. The van der Waals surface area contributed by atoms with Gasteiger partial charge in [0.25, 0.3) is 0 Å². The van der Waals surface area contributed by atoms with E-state index >= 15 is 0 Å². The number of Topliss-reactive ketones (excluding diaryl/α,β-unsaturated/α-hetero) is 1. The van der Waals surface area contributed by atoms with E-state index in [4.69, 9.17) is 0 Å². The van der Waals surface area contributed by atoms with Crippen molar-refractivity contribution in [2.24, 2.45) is 17.8 Å². The number of ketones is 2. The van der Waals surface area contributed by atoms with Gasteiger partial charge in [-0.1, -0.05) is 43.7 Å². The molecular formula is C21H22O2. The Balaban J connectivity index is 1.76. The highest BCUT2D eigenvalue weighted by Gasteiger charge is 2.40. The molecule has 0 aromatic heterocycles. The van der Waals surface area contributed by atoms with Gasteiger partial charge >= 0.3 is 0 Å². The molecule has 0 radical (unpaired) electrons. The molecule has 0 aliphatic heterocycles. The number of carbonyl (C=O) groups excluding carboxylic acids is 2. The van der Waals surface area contributed by atoms with Crippen molar-refractivity contribution in [3.8, 4) is 0 Å². The third-order valence-electron chi connectivity index (χ3n) is 5.69. The zero-order valence-corrected chi connectivity index (χ0v) is 13.5. The van der Waals surface area contributed by atoms with Crippen LogP contribution in [0.5, 0.6) is 0 Å². The number of hydrogen-bond donors (Lipinski definition) is 0. The Hall–Kier alpha value is -1.96. The molecule has 0 heterocycles. The van der Waals surface area contributed by atoms with E-state index in [-0.39, 0.29) is 17.5 Å². The van der Waals surface area contributed by atoms with Gasteiger partial charge in [0.1, 0.15) is 0 Å². The maximum Gasteiger partial charge on any atom is 0.189 e. The lowest BCUT2D eigenvalue weighted by Gasteiger charge is -2.38. The second-order valence-electron chi connectivity index (χ2n) is 7.11. The quantitative estimate of drug-likeness (QED) is 0.825. The van der Waals surface area contributed by atoms with E-state index in [1.54, 1.807) is 6.08 Å². The Morgan fingerprint density at radius 2 is 2.09 bits per heavy atom. The standard InChI is InChI=1S/C21H22O2/c1-2-5-13-6-3-8-16-17(13)11-15-10-14-7-4-9-20(22)18(14)12-19(15)21(16)23/h3-4,6,8-9,12,14-15,18H,2,5,7,10-11H2,1H3. The van der Waals surface area contributed by atoms with Crippen molar-refractivity contribution in [2.75, 3.05) is 0 Å². The van der Waals surface area contributed by atoms with Crippen LogP contribution in [0.2, 0.25) is 0 Å². The third kappa shape index (κ3) is 2.32. The van der Waals surface area contributed by atoms with Crippen molar-refractivity contribution in [3.05, 3.63) is 58.7 Å². The summed E-state index contributed by atoms with van der Waals surface area (Å²) in [7, 11) is 0. The predicted octanol–water partition coefficient (Wildman–Crippen LogP) is 4.09. The lowest BCUT2D eigenvalue weighted by molar-refractivity contribution is -0.119. The maximum absolute atomic E-state index is 13.0. The largest absolute Gasteiger partial charge is 0.294 e. The average Bonchev–Trinajstić information content (AvgIpc) is 2.55. The molecule has 2 heteroatoms. The lowest BCUT2D eigenvalue weighted by Crippen LogP contribution is -2.36. The van der Waals surface area contributed by atoms with Crippen molar-refractivity contribution < 1.29 is 9.59 Å². The molecule has 3 atom stereocenters. The molecule has 1 aromatic rings. The summed E-state index contributed by atoms with van der Waals surface area (Å²) in [6.07, 6.45) is 10.7. The van der Waals surface area contributed by atoms with Gasteiger partial charge in [0.05, 0.1) is 0 Å². The molecule has 0 amide bonds. The normalized spacial score (nSPS) is 28.7. The summed E-state index contributed by atoms with van der Waals surface area (Å²) in [4.78, 5) is 25.1. The van der Waals surface area contributed by atoms with Gasteiger partial charge in [-0.2, -0.15) is 0 Å². The van der Waals surface area contributed by atoms with Crippen LogP contribution in [0.15, 0.2) is 42.0 Å². The van der Waals surface area contributed by atoms with Crippen LogP contribution in [0.3, 0.4) is 0 Å². The maximum atomic E-state index is 13.0. The van der Waals surface area contributed by atoms with E-state index in [2.05, 4.69) is 13.0 Å². The van der Waals surface area contributed by atoms with Gasteiger partial charge in [-0.05, 0) is 54.7 Å². The minimum Gasteiger partial charge on any atom is -0.294 e. The topological polar surface area (TPSA) is 34.1 Å². The first-order valence-electron chi connectivity index (χ1n) is 8.76. The Morgan fingerprint density at radius 3 is 2.91 bits per heavy atom. The number of rotatable bonds is 2. The number of fused-ring (bicyclic) bond motifs is 3. The molecule has 23 heavy (non-hydrogen) atoms. The summed E-state index contributed by atoms with van der Waals surface area (Å²) < 4.78 is 0. The van der Waals surface area contributed by atoms with Gasteiger partial charge in [-0.15, -0.1) is 0 Å². The van der Waals surface area contributed by atoms with Crippen LogP contribution in [-0.4, -0.2) is 11.6 Å². The Morgan fingerprint density at radius 1 is 1.22 bits per heavy atom. The average molecular weight is 306 g/mol. The highest BCUT2D eigenvalue weighted by Crippen LogP contribution is 2.44. The first-order valence-corrected chi connectivity index (χ1v) is 8.76. The summed E-state index contributed by atoms with van der Waals surface area (Å²) in [6, 6.07) is 6.13. The summed E-state index contributed by atoms with van der Waals surface area (Å²) in [6.45, 7) is 2.18. The summed E-state index contributed by atoms with van der Waals surface area (Å²) >= 11 is 0. The van der Waals surface area contributed by atoms with Gasteiger partial charge in [0.15, 0.2) is 11.6 Å². The number of allylic oxidation sites excluding steroid dienone is 4. The SMILES string of the molecule is CCCc1cccc2c1CC1CC3CC=CC(=O)C3C=C1C2=O. The Labute approximate surface area is 137 Å². The molecule has 3 unspecified atom stereocenters. The highest BCUT2D eigenvalue weighted by molar-refractivity contribution is 6.12. The van der Waals surface area contributed by atoms with E-state index in [0.717, 1.165) is 43.2 Å². The fraction of sp³-hybridized carbons (Fsp3) is 0.429. The van der Waals surface area contributed by atoms with E-state index < -0.39 is 0 Å². The van der Waals surface area contributed by atoms with Crippen LogP contribution in [-0.2, 0) is 17.6 Å². The van der Waals surface area contributed by atoms with Crippen LogP contribution in [0, 0.1) is 17.8 Å². The van der Waals surface area contributed by atoms with E-state index in [1.165, 1.54) is 11.1 Å². The minimum absolute atomic E-state index is 0.0735. The molecule has 0 bridgehead atoms. The fourth-order valence-corrected chi connectivity index (χ4v) is 4.58. The molecular weight excluding hydrogens is 284 g/mol. The van der Waals surface area contributed by atoms with E-state index in [9.17, 15) is 9.59 Å². The first-order chi connectivity index (χ1) is 11.2. The number of carbonyl (C=O) groups is 2. The molecule has 1 aromatic carbocycles. The van der Waals surface area contributed by atoms with Crippen LogP contribution in [0.1, 0.15) is 47.7 Å². The van der Waals surface area contributed by atoms with Crippen LogP contribution in [0.25, 0.3) is 0 Å². The molecule has 4 rings (SSSR count). The van der Waals surface area contributed by atoms with Crippen molar-refractivity contribution in [1.29, 1.82) is 0 Å². The van der Waals surface area contributed by atoms with E-state index in [0.29, 0.717) is 11.8 Å². The van der Waals surface area contributed by atoms with Crippen LogP contribution < -0.4 is 0 Å². The minimum atomic E-state index is -0.0735. The van der Waals surface area contributed by atoms with Gasteiger partial charge in [-0.3, -0.25) is 9.59 Å². The van der Waals surface area contributed by atoms with Crippen LogP contribution >= 0.6 is 0 Å². The molecule has 0 saturated carbocycles. The van der Waals surface area contributed by atoms with Crippen molar-refractivity contribution in [2.45, 2.75) is 39.0 Å². The molecule has 3 aliphatic rings. The molecule has 0 saturated heterocycles. The molecule has 0 spiro atoms. The zero-order chi connectivity index (χ0) is 16.0. The van der Waals surface area contributed by atoms with Crippen molar-refractivity contribution in [3.63, 3.8) is 0 Å². The van der Waals surface area contributed by atoms with Gasteiger partial charge in [-0.25, -0.2) is 0 Å². The van der Waals surface area contributed by atoms with Crippen molar-refractivity contribution in [1.82, 2.24) is 0 Å². The summed E-state index contributed by atoms with van der Waals surface area (Å²) in [5, 5.41) is 0. The first kappa shape index (κ1) is 14.6. The van der Waals surface area contributed by atoms with Gasteiger partial charge in [0, 0.05) is 17.1 Å². The monoisotopic (exact) mass is 306 g/mol. The molecule has 2 nitrogen and oxygen atoms in total. The molecule has 0 fully saturated rings. The third-order valence-corrected chi connectivity index (χ3v) is 5.69. The van der Waals surface area contributed by atoms with Gasteiger partial charge in [0.2, 0.25) is 0 Å². The summed E-state index contributed by atoms with van der Waals surface area (Å²) in [5.41, 5.74) is 4.36. The predicted molar refractivity (Wildman–Crippen MR) is 90.4 cm³/mol. The number of benzene rings is 1. The van der Waals surface area contributed by atoms with Crippen molar-refractivity contribution >= 4 is 11.6 Å². The number of hydrogen-bond acceptors (Lipinski definition) is 2.